The van der Waals surface area contributed by atoms with E-state index in [0.717, 1.165) is 24.2 Å². The van der Waals surface area contributed by atoms with E-state index in [1.54, 1.807) is 12.1 Å². The fourth-order valence-corrected chi connectivity index (χ4v) is 3.42. The molecule has 1 atom stereocenters. The van der Waals surface area contributed by atoms with Crippen molar-refractivity contribution in [3.63, 3.8) is 0 Å². The molecule has 0 bridgehead atoms. The molecule has 2 N–H and O–H groups in total. The second kappa shape index (κ2) is 7.90. The normalized spacial score (nSPS) is 16.3. The summed E-state index contributed by atoms with van der Waals surface area (Å²) < 4.78 is 18.8. The van der Waals surface area contributed by atoms with Gasteiger partial charge in [-0.2, -0.15) is 0 Å². The fourth-order valence-electron chi connectivity index (χ4n) is 3.42. The highest BCUT2D eigenvalue weighted by Crippen LogP contribution is 2.19. The number of rotatable bonds is 5. The Morgan fingerprint density at radius 2 is 1.93 bits per heavy atom. The van der Waals surface area contributed by atoms with E-state index in [1.165, 1.54) is 12.1 Å². The average molecular weight is 367 g/mol. The lowest BCUT2D eigenvalue weighted by atomic mass is 10.1. The van der Waals surface area contributed by atoms with Gasteiger partial charge in [-0.3, -0.25) is 9.69 Å². The first-order chi connectivity index (χ1) is 13.2. The summed E-state index contributed by atoms with van der Waals surface area (Å²) in [6.45, 7) is 3.84. The van der Waals surface area contributed by atoms with Gasteiger partial charge in [0.2, 0.25) is 0 Å². The molecule has 1 unspecified atom stereocenters. The second-order valence-electron chi connectivity index (χ2n) is 6.76. The predicted octanol–water partition coefficient (Wildman–Crippen LogP) is 3.11. The number of carbonyl (C=O) groups excluding carboxylic acids is 1. The van der Waals surface area contributed by atoms with Crippen molar-refractivity contribution >= 4 is 16.8 Å². The number of benzene rings is 2. The highest BCUT2D eigenvalue weighted by Gasteiger charge is 2.21. The Morgan fingerprint density at radius 3 is 2.70 bits per heavy atom. The van der Waals surface area contributed by atoms with Crippen LogP contribution in [0.1, 0.15) is 22.1 Å². The van der Waals surface area contributed by atoms with Gasteiger partial charge in [-0.15, -0.1) is 0 Å². The van der Waals surface area contributed by atoms with Gasteiger partial charge in [0.25, 0.3) is 5.91 Å². The standard InChI is InChI=1S/C21H22FN3O2/c22-17-6-7-18-16(12-17)13-19(23-18)21(26)24-20(15-4-2-1-3-5-15)14-25-8-10-27-11-9-25/h1-7,12-13,20,23H,8-11,14H2,(H,24,26). The molecule has 0 saturated carbocycles. The van der Waals surface area contributed by atoms with E-state index in [0.29, 0.717) is 30.8 Å². The van der Waals surface area contributed by atoms with Crippen LogP contribution in [0.3, 0.4) is 0 Å². The van der Waals surface area contributed by atoms with E-state index in [4.69, 9.17) is 4.74 Å². The zero-order valence-corrected chi connectivity index (χ0v) is 15.0. The second-order valence-corrected chi connectivity index (χ2v) is 6.76. The number of ether oxygens (including phenoxy) is 1. The first kappa shape index (κ1) is 17.7. The summed E-state index contributed by atoms with van der Waals surface area (Å²) in [6.07, 6.45) is 0. The molecule has 140 valence electrons. The zero-order chi connectivity index (χ0) is 18.6. The highest BCUT2D eigenvalue weighted by atomic mass is 19.1. The SMILES string of the molecule is O=C(NC(CN1CCOCC1)c1ccccc1)c1cc2cc(F)ccc2[nH]1. The van der Waals surface area contributed by atoms with Gasteiger partial charge in [0.05, 0.1) is 19.3 Å². The van der Waals surface area contributed by atoms with Gasteiger partial charge in [-0.1, -0.05) is 30.3 Å². The molecule has 1 fully saturated rings. The van der Waals surface area contributed by atoms with E-state index < -0.39 is 0 Å². The van der Waals surface area contributed by atoms with Crippen molar-refractivity contribution in [3.05, 3.63) is 71.7 Å². The van der Waals surface area contributed by atoms with E-state index >= 15 is 0 Å². The van der Waals surface area contributed by atoms with Crippen molar-refractivity contribution < 1.29 is 13.9 Å². The Hall–Kier alpha value is -2.70. The van der Waals surface area contributed by atoms with Crippen molar-refractivity contribution in [1.82, 2.24) is 15.2 Å². The van der Waals surface area contributed by atoms with Crippen LogP contribution >= 0.6 is 0 Å². The molecule has 0 aliphatic carbocycles. The van der Waals surface area contributed by atoms with Crippen LogP contribution in [-0.4, -0.2) is 48.6 Å². The molecular formula is C21H22FN3O2. The molecule has 27 heavy (non-hydrogen) atoms. The van der Waals surface area contributed by atoms with Crippen LogP contribution in [-0.2, 0) is 4.74 Å². The van der Waals surface area contributed by atoms with Crippen LogP contribution in [0.15, 0.2) is 54.6 Å². The first-order valence-electron chi connectivity index (χ1n) is 9.13. The van der Waals surface area contributed by atoms with E-state index in [1.807, 2.05) is 30.3 Å². The molecule has 1 saturated heterocycles. The first-order valence-corrected chi connectivity index (χ1v) is 9.13. The fraction of sp³-hybridized carbons (Fsp3) is 0.286. The molecule has 1 amide bonds. The quantitative estimate of drug-likeness (QED) is 0.729. The number of aromatic nitrogens is 1. The number of hydrogen-bond donors (Lipinski definition) is 2. The van der Waals surface area contributed by atoms with Crippen LogP contribution in [0.2, 0.25) is 0 Å². The third-order valence-corrected chi connectivity index (χ3v) is 4.88. The van der Waals surface area contributed by atoms with E-state index in [-0.39, 0.29) is 17.8 Å². The zero-order valence-electron chi connectivity index (χ0n) is 15.0. The summed E-state index contributed by atoms with van der Waals surface area (Å²) in [5.41, 5.74) is 2.23. The van der Waals surface area contributed by atoms with Gasteiger partial charge >= 0.3 is 0 Å². The average Bonchev–Trinajstić information content (AvgIpc) is 3.12. The molecule has 0 radical (unpaired) electrons. The Balaban J connectivity index is 1.54. The Labute approximate surface area is 157 Å². The van der Waals surface area contributed by atoms with Crippen LogP contribution < -0.4 is 5.32 Å². The summed E-state index contributed by atoms with van der Waals surface area (Å²) >= 11 is 0. The minimum absolute atomic E-state index is 0.139. The summed E-state index contributed by atoms with van der Waals surface area (Å²) in [6, 6.07) is 15.9. The topological polar surface area (TPSA) is 57.4 Å². The molecule has 0 spiro atoms. The highest BCUT2D eigenvalue weighted by molar-refractivity contribution is 5.98. The van der Waals surface area contributed by atoms with Crippen LogP contribution in [0.25, 0.3) is 10.9 Å². The molecule has 2 aromatic carbocycles. The van der Waals surface area contributed by atoms with Crippen molar-refractivity contribution in [2.75, 3.05) is 32.8 Å². The summed E-state index contributed by atoms with van der Waals surface area (Å²) in [5.74, 6) is -0.517. The minimum atomic E-state index is -0.317. The summed E-state index contributed by atoms with van der Waals surface area (Å²) in [7, 11) is 0. The van der Waals surface area contributed by atoms with Gasteiger partial charge in [0.15, 0.2) is 0 Å². The maximum Gasteiger partial charge on any atom is 0.268 e. The summed E-state index contributed by atoms with van der Waals surface area (Å²) in [4.78, 5) is 18.2. The Kier molecular flexibility index (Phi) is 5.18. The smallest absolute Gasteiger partial charge is 0.268 e. The van der Waals surface area contributed by atoms with Gasteiger partial charge in [0.1, 0.15) is 11.5 Å². The van der Waals surface area contributed by atoms with Crippen LogP contribution in [0.5, 0.6) is 0 Å². The molecule has 5 nitrogen and oxygen atoms in total. The molecule has 1 aliphatic heterocycles. The van der Waals surface area contributed by atoms with Crippen LogP contribution in [0, 0.1) is 5.82 Å². The number of amides is 1. The monoisotopic (exact) mass is 367 g/mol. The molecule has 1 aromatic heterocycles. The lowest BCUT2D eigenvalue weighted by Gasteiger charge is -2.31. The number of aromatic amines is 1. The third-order valence-electron chi connectivity index (χ3n) is 4.88. The predicted molar refractivity (Wildman–Crippen MR) is 102 cm³/mol. The number of morpholine rings is 1. The summed E-state index contributed by atoms with van der Waals surface area (Å²) in [5, 5.41) is 3.81. The van der Waals surface area contributed by atoms with Gasteiger partial charge in [-0.05, 0) is 29.8 Å². The van der Waals surface area contributed by atoms with Crippen LogP contribution in [0.4, 0.5) is 4.39 Å². The molecule has 3 aromatic rings. The van der Waals surface area contributed by atoms with Gasteiger partial charge in [0, 0.05) is 30.5 Å². The Morgan fingerprint density at radius 1 is 1.15 bits per heavy atom. The number of hydrogen-bond acceptors (Lipinski definition) is 3. The van der Waals surface area contributed by atoms with Crippen molar-refractivity contribution in [2.24, 2.45) is 0 Å². The van der Waals surface area contributed by atoms with Crippen molar-refractivity contribution in [2.45, 2.75) is 6.04 Å². The minimum Gasteiger partial charge on any atom is -0.379 e. The van der Waals surface area contributed by atoms with Crippen molar-refractivity contribution in [1.29, 1.82) is 0 Å². The maximum atomic E-state index is 13.4. The lowest BCUT2D eigenvalue weighted by molar-refractivity contribution is 0.0332. The Bertz CT molecular complexity index is 920. The number of carbonyl (C=O) groups is 1. The largest absolute Gasteiger partial charge is 0.379 e. The maximum absolute atomic E-state index is 13.4. The molecule has 4 rings (SSSR count). The number of nitrogens with one attached hydrogen (secondary N) is 2. The number of nitrogens with zero attached hydrogens (tertiary/aromatic N) is 1. The molecule has 6 heteroatoms. The lowest BCUT2D eigenvalue weighted by Crippen LogP contribution is -2.43. The number of H-pyrrole nitrogens is 1. The van der Waals surface area contributed by atoms with Gasteiger partial charge in [-0.25, -0.2) is 4.39 Å². The molecule has 1 aliphatic rings. The number of fused-ring (bicyclic) bond motifs is 1. The molecular weight excluding hydrogens is 345 g/mol. The van der Waals surface area contributed by atoms with Gasteiger partial charge < -0.3 is 15.0 Å². The number of halogens is 1. The van der Waals surface area contributed by atoms with E-state index in [2.05, 4.69) is 15.2 Å². The van der Waals surface area contributed by atoms with Crippen molar-refractivity contribution in [3.8, 4) is 0 Å². The van der Waals surface area contributed by atoms with E-state index in [9.17, 15) is 9.18 Å². The third kappa shape index (κ3) is 4.18. The molecule has 2 heterocycles.